The van der Waals surface area contributed by atoms with Crippen molar-refractivity contribution >= 4 is 29.1 Å². The molecule has 0 saturated heterocycles. The highest BCUT2D eigenvalue weighted by atomic mass is 35.5. The van der Waals surface area contributed by atoms with E-state index >= 15 is 0 Å². The molecule has 0 radical (unpaired) electrons. The third kappa shape index (κ3) is 2.43. The zero-order valence-electron chi connectivity index (χ0n) is 8.95. The van der Waals surface area contributed by atoms with E-state index in [1.165, 1.54) is 4.79 Å². The van der Waals surface area contributed by atoms with Crippen LogP contribution >= 0.6 is 23.2 Å². The fourth-order valence-corrected chi connectivity index (χ4v) is 1.90. The van der Waals surface area contributed by atoms with Crippen LogP contribution in [0.25, 0.3) is 0 Å². The van der Waals surface area contributed by atoms with Gasteiger partial charge in [0, 0.05) is 6.20 Å². The quantitative estimate of drug-likeness (QED) is 0.912. The number of nitrogens with zero attached hydrogens (tertiary/aromatic N) is 2. The Labute approximate surface area is 108 Å². The lowest BCUT2D eigenvalue weighted by molar-refractivity contribution is 0.101. The Balaban J connectivity index is 2.34. The van der Waals surface area contributed by atoms with E-state index in [-0.39, 0.29) is 5.56 Å². The molecule has 4 nitrogen and oxygen atoms in total. The third-order valence-corrected chi connectivity index (χ3v) is 3.03. The number of aromatic nitrogens is 2. The number of hydrogen-bond acceptors (Lipinski definition) is 2. The van der Waals surface area contributed by atoms with Gasteiger partial charge in [-0.2, -0.15) is 9.89 Å². The zero-order valence-corrected chi connectivity index (χ0v) is 10.5. The molecule has 0 unspecified atom stereocenters. The number of rotatable bonds is 2. The van der Waals surface area contributed by atoms with E-state index < -0.39 is 5.91 Å². The second-order valence-electron chi connectivity index (χ2n) is 3.44. The second kappa shape index (κ2) is 4.77. The molecule has 0 aliphatic heterocycles. The van der Waals surface area contributed by atoms with Crippen LogP contribution in [-0.4, -0.2) is 15.8 Å². The first-order chi connectivity index (χ1) is 8.09. The van der Waals surface area contributed by atoms with Gasteiger partial charge in [-0.25, -0.2) is 5.43 Å². The topological polar surface area (TPSA) is 46.9 Å². The molecule has 0 bridgehead atoms. The number of carbonyl (C=O) groups excluding carboxylic acids is 1. The molecular weight excluding hydrogens is 261 g/mol. The van der Waals surface area contributed by atoms with E-state index in [4.69, 9.17) is 23.2 Å². The average Bonchev–Trinajstić information content (AvgIpc) is 2.77. The maximum absolute atomic E-state index is 12.0. The minimum Gasteiger partial charge on any atom is -0.267 e. The monoisotopic (exact) mass is 269 g/mol. The number of carbonyl (C=O) groups is 1. The third-order valence-electron chi connectivity index (χ3n) is 2.23. The fraction of sp³-hybridized carbons (Fsp3) is 0.0909. The summed E-state index contributed by atoms with van der Waals surface area (Å²) in [5.41, 5.74) is 3.59. The van der Waals surface area contributed by atoms with Crippen molar-refractivity contribution in [1.29, 1.82) is 0 Å². The molecule has 2 rings (SSSR count). The summed E-state index contributed by atoms with van der Waals surface area (Å²) >= 11 is 12.0. The summed E-state index contributed by atoms with van der Waals surface area (Å²) in [5.74, 6) is -0.396. The molecule has 1 heterocycles. The van der Waals surface area contributed by atoms with E-state index in [1.54, 1.807) is 30.6 Å². The Morgan fingerprint density at radius 1 is 1.41 bits per heavy atom. The van der Waals surface area contributed by atoms with Crippen molar-refractivity contribution < 1.29 is 4.79 Å². The predicted octanol–water partition coefficient (Wildman–Crippen LogP) is 2.88. The lowest BCUT2D eigenvalue weighted by atomic mass is 10.1. The summed E-state index contributed by atoms with van der Waals surface area (Å²) in [6, 6.07) is 5.09. The fourth-order valence-electron chi connectivity index (χ4n) is 1.36. The highest BCUT2D eigenvalue weighted by Crippen LogP contribution is 2.27. The van der Waals surface area contributed by atoms with Crippen LogP contribution in [0.5, 0.6) is 0 Å². The summed E-state index contributed by atoms with van der Waals surface area (Å²) < 4.78 is 0. The molecule has 1 aromatic heterocycles. The molecular formula is C11H9Cl2N3O. The largest absolute Gasteiger partial charge is 0.274 e. The normalized spacial score (nSPS) is 10.3. The van der Waals surface area contributed by atoms with Gasteiger partial charge in [0.15, 0.2) is 0 Å². The van der Waals surface area contributed by atoms with E-state index in [0.717, 1.165) is 5.56 Å². The summed E-state index contributed by atoms with van der Waals surface area (Å²) in [5, 5.41) is 4.52. The number of amides is 1. The average molecular weight is 270 g/mol. The van der Waals surface area contributed by atoms with Crippen LogP contribution in [0.2, 0.25) is 10.0 Å². The molecule has 0 spiro atoms. The highest BCUT2D eigenvalue weighted by Gasteiger charge is 2.16. The SMILES string of the molecule is Cc1ccc(Cl)c(C(=O)Nn2cccn2)c1Cl. The van der Waals surface area contributed by atoms with Gasteiger partial charge in [-0.15, -0.1) is 0 Å². The van der Waals surface area contributed by atoms with Crippen LogP contribution in [0.1, 0.15) is 15.9 Å². The molecule has 0 fully saturated rings. The molecule has 88 valence electrons. The van der Waals surface area contributed by atoms with E-state index in [1.807, 2.05) is 6.92 Å². The molecule has 17 heavy (non-hydrogen) atoms. The number of aryl methyl sites for hydroxylation is 1. The van der Waals surface area contributed by atoms with E-state index in [0.29, 0.717) is 10.0 Å². The Hall–Kier alpha value is -1.52. The van der Waals surface area contributed by atoms with E-state index in [9.17, 15) is 4.79 Å². The maximum atomic E-state index is 12.0. The summed E-state index contributed by atoms with van der Waals surface area (Å²) in [6.45, 7) is 1.81. The zero-order chi connectivity index (χ0) is 12.4. The van der Waals surface area contributed by atoms with Gasteiger partial charge < -0.3 is 0 Å². The van der Waals surface area contributed by atoms with Gasteiger partial charge in [-0.1, -0.05) is 29.3 Å². The lowest BCUT2D eigenvalue weighted by Gasteiger charge is -2.09. The van der Waals surface area contributed by atoms with Crippen LogP contribution in [-0.2, 0) is 0 Å². The molecule has 0 saturated carbocycles. The molecule has 1 aromatic carbocycles. The van der Waals surface area contributed by atoms with Gasteiger partial charge in [0.25, 0.3) is 5.91 Å². The first kappa shape index (κ1) is 12.0. The van der Waals surface area contributed by atoms with Crippen molar-refractivity contribution in [3.63, 3.8) is 0 Å². The minimum atomic E-state index is -0.396. The Kier molecular flexibility index (Phi) is 3.36. The van der Waals surface area contributed by atoms with Gasteiger partial charge in [-0.05, 0) is 24.6 Å². The first-order valence-electron chi connectivity index (χ1n) is 4.85. The van der Waals surface area contributed by atoms with Crippen LogP contribution in [0.15, 0.2) is 30.6 Å². The Bertz CT molecular complexity index is 552. The van der Waals surface area contributed by atoms with Gasteiger partial charge in [-0.3, -0.25) is 4.79 Å². The molecule has 0 aliphatic rings. The number of halogens is 2. The predicted molar refractivity (Wildman–Crippen MR) is 67.1 cm³/mol. The summed E-state index contributed by atoms with van der Waals surface area (Å²) in [6.07, 6.45) is 3.16. The maximum Gasteiger partial charge on any atom is 0.274 e. The number of hydrogen-bond donors (Lipinski definition) is 1. The van der Waals surface area contributed by atoms with Gasteiger partial charge in [0.05, 0.1) is 21.8 Å². The standard InChI is InChI=1S/C11H9Cl2N3O/c1-7-3-4-8(12)9(10(7)13)11(17)15-16-6-2-5-14-16/h2-6H,1H3,(H,15,17). The lowest BCUT2D eigenvalue weighted by Crippen LogP contribution is -2.23. The number of benzene rings is 1. The van der Waals surface area contributed by atoms with Crippen molar-refractivity contribution in [2.45, 2.75) is 6.92 Å². The second-order valence-corrected chi connectivity index (χ2v) is 4.23. The molecule has 1 N–H and O–H groups in total. The molecule has 0 aliphatic carbocycles. The highest BCUT2D eigenvalue weighted by molar-refractivity contribution is 6.40. The van der Waals surface area contributed by atoms with Crippen molar-refractivity contribution in [2.24, 2.45) is 0 Å². The Morgan fingerprint density at radius 2 is 2.18 bits per heavy atom. The van der Waals surface area contributed by atoms with Crippen LogP contribution < -0.4 is 5.43 Å². The van der Waals surface area contributed by atoms with Crippen molar-refractivity contribution in [1.82, 2.24) is 9.89 Å². The minimum absolute atomic E-state index is 0.254. The molecule has 1 amide bonds. The van der Waals surface area contributed by atoms with Gasteiger partial charge in [0.1, 0.15) is 0 Å². The van der Waals surface area contributed by atoms with Crippen molar-refractivity contribution in [3.05, 3.63) is 51.8 Å². The number of nitrogens with one attached hydrogen (secondary N) is 1. The van der Waals surface area contributed by atoms with Gasteiger partial charge in [0.2, 0.25) is 0 Å². The van der Waals surface area contributed by atoms with Crippen LogP contribution in [0.3, 0.4) is 0 Å². The summed E-state index contributed by atoms with van der Waals surface area (Å²) in [4.78, 5) is 13.3. The molecule has 2 aromatic rings. The van der Waals surface area contributed by atoms with Crippen molar-refractivity contribution in [3.8, 4) is 0 Å². The smallest absolute Gasteiger partial charge is 0.267 e. The summed E-state index contributed by atoms with van der Waals surface area (Å²) in [7, 11) is 0. The first-order valence-corrected chi connectivity index (χ1v) is 5.61. The van der Waals surface area contributed by atoms with E-state index in [2.05, 4.69) is 10.5 Å². The Morgan fingerprint density at radius 3 is 2.82 bits per heavy atom. The molecule has 0 atom stereocenters. The van der Waals surface area contributed by atoms with Crippen LogP contribution in [0.4, 0.5) is 0 Å². The van der Waals surface area contributed by atoms with Gasteiger partial charge >= 0.3 is 0 Å². The molecule has 6 heteroatoms. The van der Waals surface area contributed by atoms with Crippen LogP contribution in [0, 0.1) is 6.92 Å². The van der Waals surface area contributed by atoms with Crippen molar-refractivity contribution in [2.75, 3.05) is 5.43 Å².